The van der Waals surface area contributed by atoms with Gasteiger partial charge < -0.3 is 20.3 Å². The van der Waals surface area contributed by atoms with Crippen molar-refractivity contribution in [2.24, 2.45) is 5.92 Å². The molecule has 0 saturated carbocycles. The molecule has 1 aromatic carbocycles. The number of nitrogens with one attached hydrogen (secondary N) is 1. The topological polar surface area (TPSA) is 64.4 Å². The van der Waals surface area contributed by atoms with Gasteiger partial charge in [-0.2, -0.15) is 0 Å². The number of nitrogens with two attached hydrogens (primary N) is 1. The molecule has 2 saturated heterocycles. The number of hydrogen-bond acceptors (Lipinski definition) is 3. The summed E-state index contributed by atoms with van der Waals surface area (Å²) in [5.41, 5.74) is 6.70. The summed E-state index contributed by atoms with van der Waals surface area (Å²) in [5.74, 6) is 0.915. The lowest BCUT2D eigenvalue weighted by Crippen LogP contribution is -2.63. The van der Waals surface area contributed by atoms with Crippen LogP contribution in [0.25, 0.3) is 0 Å². The van der Waals surface area contributed by atoms with Crippen molar-refractivity contribution in [2.45, 2.75) is 45.1 Å². The molecule has 2 fully saturated rings. The van der Waals surface area contributed by atoms with Crippen LogP contribution in [0.5, 0.6) is 5.75 Å². The van der Waals surface area contributed by atoms with Gasteiger partial charge in [0.15, 0.2) is 0 Å². The van der Waals surface area contributed by atoms with Gasteiger partial charge in [-0.1, -0.05) is 24.9 Å². The van der Waals surface area contributed by atoms with Gasteiger partial charge >= 0.3 is 0 Å². The third-order valence-electron chi connectivity index (χ3n) is 6.18. The Bertz CT molecular complexity index is 667. The summed E-state index contributed by atoms with van der Waals surface area (Å²) in [6.45, 7) is 7.22. The van der Waals surface area contributed by atoms with Crippen LogP contribution in [-0.2, 0) is 0 Å². The van der Waals surface area contributed by atoms with Gasteiger partial charge in [0.1, 0.15) is 5.75 Å². The fraction of sp³-hybridized carbons (Fsp3) is 0.650. The number of quaternary nitrogens is 1. The second-order valence-electron chi connectivity index (χ2n) is 7.89. The van der Waals surface area contributed by atoms with Crippen molar-refractivity contribution in [3.05, 3.63) is 22.7 Å². The quantitative estimate of drug-likeness (QED) is 0.586. The van der Waals surface area contributed by atoms with Crippen LogP contribution in [0, 0.1) is 5.92 Å². The second kappa shape index (κ2) is 8.05. The highest BCUT2D eigenvalue weighted by Crippen LogP contribution is 2.34. The Kier molecular flexibility index (Phi) is 5.98. The van der Waals surface area contributed by atoms with Gasteiger partial charge in [0, 0.05) is 24.4 Å². The Labute approximate surface area is 161 Å². The number of nitrogens with zero attached hydrogens (tertiary/aromatic N) is 1. The molecule has 0 spiro atoms. The van der Waals surface area contributed by atoms with Gasteiger partial charge in [0.2, 0.25) is 0 Å². The van der Waals surface area contributed by atoms with E-state index in [2.05, 4.69) is 12.2 Å². The molecule has 2 aliphatic rings. The first-order valence-electron chi connectivity index (χ1n) is 9.77. The third-order valence-corrected chi connectivity index (χ3v) is 6.51. The number of hydrogen-bond donors (Lipinski definition) is 2. The Morgan fingerprint density at radius 1 is 1.38 bits per heavy atom. The predicted octanol–water partition coefficient (Wildman–Crippen LogP) is 3.46. The van der Waals surface area contributed by atoms with Gasteiger partial charge in [0.25, 0.3) is 5.91 Å². The predicted molar refractivity (Wildman–Crippen MR) is 106 cm³/mol. The molecule has 0 aliphatic carbocycles. The Morgan fingerprint density at radius 3 is 2.92 bits per heavy atom. The molecule has 0 aromatic heterocycles. The van der Waals surface area contributed by atoms with E-state index in [9.17, 15) is 4.79 Å². The number of fused-ring (bicyclic) bond motifs is 2. The summed E-state index contributed by atoms with van der Waals surface area (Å²) in [5, 5.41) is 3.64. The number of amides is 1. The first-order valence-corrected chi connectivity index (χ1v) is 10.1. The number of rotatable bonds is 6. The van der Waals surface area contributed by atoms with Crippen molar-refractivity contribution in [3.63, 3.8) is 0 Å². The van der Waals surface area contributed by atoms with E-state index in [0.717, 1.165) is 6.42 Å². The molecule has 6 heteroatoms. The van der Waals surface area contributed by atoms with Crippen molar-refractivity contribution in [1.29, 1.82) is 0 Å². The number of nitrogen functional groups attached to an aromatic ring is 1. The van der Waals surface area contributed by atoms with E-state index in [4.69, 9.17) is 22.1 Å². The van der Waals surface area contributed by atoms with Gasteiger partial charge in [-0.25, -0.2) is 0 Å². The number of carbonyl (C=O) groups is 1. The molecule has 3 rings (SSSR count). The summed E-state index contributed by atoms with van der Waals surface area (Å²) in [4.78, 5) is 12.9. The SMILES string of the molecule is CCCC[N+]12CCCC(C1)C(NC(=O)c1cc(Cl)c(N)cc1OC)CC2. The average Bonchev–Trinajstić information content (AvgIpc) is 2.64. The van der Waals surface area contributed by atoms with Crippen molar-refractivity contribution in [1.82, 2.24) is 5.32 Å². The molecule has 1 amide bonds. The molecular weight excluding hydrogens is 350 g/mol. The zero-order valence-corrected chi connectivity index (χ0v) is 16.6. The van der Waals surface area contributed by atoms with Crippen LogP contribution < -0.4 is 15.8 Å². The molecule has 5 nitrogen and oxygen atoms in total. The lowest BCUT2D eigenvalue weighted by molar-refractivity contribution is -0.941. The lowest BCUT2D eigenvalue weighted by Gasteiger charge is -2.51. The van der Waals surface area contributed by atoms with Gasteiger partial charge in [-0.15, -0.1) is 0 Å². The van der Waals surface area contributed by atoms with Crippen LogP contribution in [0.15, 0.2) is 12.1 Å². The zero-order valence-electron chi connectivity index (χ0n) is 15.9. The van der Waals surface area contributed by atoms with Crippen molar-refractivity contribution >= 4 is 23.2 Å². The van der Waals surface area contributed by atoms with E-state index in [1.165, 1.54) is 56.3 Å². The van der Waals surface area contributed by atoms with Crippen LogP contribution in [0.1, 0.15) is 49.4 Å². The van der Waals surface area contributed by atoms with Gasteiger partial charge in [-0.05, 0) is 25.3 Å². The molecule has 3 atom stereocenters. The summed E-state index contributed by atoms with van der Waals surface area (Å²) in [7, 11) is 1.54. The summed E-state index contributed by atoms with van der Waals surface area (Å²) >= 11 is 6.12. The highest BCUT2D eigenvalue weighted by atomic mass is 35.5. The Balaban J connectivity index is 1.70. The molecule has 2 aliphatic heterocycles. The fourth-order valence-corrected chi connectivity index (χ4v) is 4.87. The number of piperidine rings is 2. The van der Waals surface area contributed by atoms with Gasteiger partial charge in [0.05, 0.1) is 49.6 Å². The van der Waals surface area contributed by atoms with E-state index in [-0.39, 0.29) is 11.9 Å². The number of ether oxygens (including phenoxy) is 1. The minimum atomic E-state index is -0.118. The summed E-state index contributed by atoms with van der Waals surface area (Å²) in [6.07, 6.45) is 6.06. The summed E-state index contributed by atoms with van der Waals surface area (Å²) < 4.78 is 6.58. The monoisotopic (exact) mass is 380 g/mol. The van der Waals surface area contributed by atoms with Crippen LogP contribution >= 0.6 is 11.6 Å². The van der Waals surface area contributed by atoms with Crippen molar-refractivity contribution in [2.75, 3.05) is 39.0 Å². The molecule has 26 heavy (non-hydrogen) atoms. The first kappa shape index (κ1) is 19.3. The molecule has 1 aromatic rings. The maximum Gasteiger partial charge on any atom is 0.255 e. The summed E-state index contributed by atoms with van der Waals surface area (Å²) in [6, 6.07) is 3.46. The lowest BCUT2D eigenvalue weighted by atomic mass is 9.82. The molecular formula is C20H31ClN3O2+. The highest BCUT2D eigenvalue weighted by Gasteiger charge is 2.43. The van der Waals surface area contributed by atoms with E-state index in [0.29, 0.717) is 27.9 Å². The van der Waals surface area contributed by atoms with Crippen molar-refractivity contribution < 1.29 is 14.0 Å². The Hall–Kier alpha value is -1.46. The van der Waals surface area contributed by atoms with Crippen LogP contribution in [0.4, 0.5) is 5.69 Å². The third kappa shape index (κ3) is 3.94. The molecule has 3 N–H and O–H groups in total. The molecule has 0 radical (unpaired) electrons. The van der Waals surface area contributed by atoms with Crippen LogP contribution in [0.3, 0.4) is 0 Å². The van der Waals surface area contributed by atoms with Crippen molar-refractivity contribution in [3.8, 4) is 5.75 Å². The number of unbranched alkanes of at least 4 members (excludes halogenated alkanes) is 1. The number of carbonyl (C=O) groups excluding carboxylic acids is 1. The standard InChI is InChI=1S/C20H30ClN3O2/c1-3-4-8-24-9-5-6-14(13-24)18(7-10-24)23-20(25)15-11-16(21)17(22)12-19(15)26-2/h11-12,14,18H,3-10,13H2,1-2H3,(H2-,22,23,25)/p+1. The van der Waals surface area contributed by atoms with E-state index in [1.54, 1.807) is 19.2 Å². The molecule has 2 bridgehead atoms. The molecule has 2 heterocycles. The number of methoxy groups -OCH3 is 1. The number of anilines is 1. The van der Waals surface area contributed by atoms with Gasteiger partial charge in [-0.3, -0.25) is 4.79 Å². The smallest absolute Gasteiger partial charge is 0.255 e. The minimum Gasteiger partial charge on any atom is -0.496 e. The zero-order chi connectivity index (χ0) is 18.7. The minimum absolute atomic E-state index is 0.118. The maximum absolute atomic E-state index is 12.9. The maximum atomic E-state index is 12.9. The molecule has 144 valence electrons. The Morgan fingerprint density at radius 2 is 2.19 bits per heavy atom. The molecule has 3 unspecified atom stereocenters. The largest absolute Gasteiger partial charge is 0.496 e. The highest BCUT2D eigenvalue weighted by molar-refractivity contribution is 6.33. The van der Waals surface area contributed by atoms with E-state index < -0.39 is 0 Å². The fourth-order valence-electron chi connectivity index (χ4n) is 4.71. The van der Waals surface area contributed by atoms with E-state index in [1.807, 2.05) is 0 Å². The van der Waals surface area contributed by atoms with E-state index >= 15 is 0 Å². The average molecular weight is 381 g/mol. The normalized spacial score (nSPS) is 27.8. The first-order chi connectivity index (χ1) is 12.5. The van der Waals surface area contributed by atoms with Crippen LogP contribution in [0.2, 0.25) is 5.02 Å². The number of benzene rings is 1. The second-order valence-corrected chi connectivity index (χ2v) is 8.30. The van der Waals surface area contributed by atoms with Crippen LogP contribution in [-0.4, -0.2) is 49.7 Å². The number of halogens is 1.